The van der Waals surface area contributed by atoms with Gasteiger partial charge in [0.15, 0.2) is 17.1 Å². The van der Waals surface area contributed by atoms with Crippen molar-refractivity contribution in [1.82, 2.24) is 25.1 Å². The van der Waals surface area contributed by atoms with Gasteiger partial charge >= 0.3 is 0 Å². The van der Waals surface area contributed by atoms with E-state index in [9.17, 15) is 9.59 Å². The van der Waals surface area contributed by atoms with Gasteiger partial charge in [0.2, 0.25) is 0 Å². The third-order valence-corrected chi connectivity index (χ3v) is 6.37. The minimum absolute atomic E-state index is 0.286. The van der Waals surface area contributed by atoms with E-state index >= 15 is 0 Å². The molecule has 3 heterocycles. The normalized spacial score (nSPS) is 13.1. The Balaban J connectivity index is 1.39. The van der Waals surface area contributed by atoms with Gasteiger partial charge in [-0.1, -0.05) is 0 Å². The minimum Gasteiger partial charge on any atom is -0.481 e. The number of likely N-dealkylation sites (N-methyl/N-ethyl adjacent to an activating group) is 1. The van der Waals surface area contributed by atoms with Crippen LogP contribution in [0.5, 0.6) is 17.2 Å². The van der Waals surface area contributed by atoms with Crippen LogP contribution >= 0.6 is 11.3 Å². The van der Waals surface area contributed by atoms with Crippen LogP contribution in [0.15, 0.2) is 54.0 Å². The number of ether oxygens (including phenoxy) is 2. The Hall–Kier alpha value is -4.25. The van der Waals surface area contributed by atoms with Crippen LogP contribution in [0.2, 0.25) is 0 Å². The number of anilines is 1. The predicted octanol–water partition coefficient (Wildman–Crippen LogP) is 3.91. The lowest BCUT2D eigenvalue weighted by atomic mass is 10.1. The van der Waals surface area contributed by atoms with Crippen LogP contribution in [0.3, 0.4) is 0 Å². The molecule has 184 valence electrons. The molecular formula is C25H24N6O4S. The molecule has 0 radical (unpaired) electrons. The highest BCUT2D eigenvalue weighted by Gasteiger charge is 2.19. The Morgan fingerprint density at radius 3 is 2.64 bits per heavy atom. The first kappa shape index (κ1) is 23.5. The van der Waals surface area contributed by atoms with Crippen LogP contribution in [-0.2, 0) is 17.8 Å². The molecule has 0 spiro atoms. The molecule has 2 aromatic carbocycles. The quantitative estimate of drug-likeness (QED) is 0.373. The van der Waals surface area contributed by atoms with E-state index in [2.05, 4.69) is 30.4 Å². The first-order valence-corrected chi connectivity index (χ1v) is 12.3. The van der Waals surface area contributed by atoms with Gasteiger partial charge in [0.1, 0.15) is 23.1 Å². The molecule has 2 aromatic heterocycles. The largest absolute Gasteiger partial charge is 0.481 e. The average Bonchev–Trinajstić information content (AvgIpc) is 3.63. The van der Waals surface area contributed by atoms with Crippen molar-refractivity contribution in [3.05, 3.63) is 65.4 Å². The van der Waals surface area contributed by atoms with Crippen molar-refractivity contribution in [2.45, 2.75) is 32.4 Å². The van der Waals surface area contributed by atoms with Crippen LogP contribution in [0.25, 0.3) is 11.4 Å². The smallest absolute Gasteiger partial charge is 0.260 e. The van der Waals surface area contributed by atoms with Crippen LogP contribution in [0, 0.1) is 0 Å². The lowest BCUT2D eigenvalue weighted by Gasteiger charge is -2.16. The second kappa shape index (κ2) is 10.2. The van der Waals surface area contributed by atoms with Crippen molar-refractivity contribution < 1.29 is 19.1 Å². The number of amides is 2. The summed E-state index contributed by atoms with van der Waals surface area (Å²) in [5.74, 6) is 2.48. The highest BCUT2D eigenvalue weighted by molar-refractivity contribution is 7.13. The molecule has 11 heteroatoms. The number of hydrogen-bond acceptors (Lipinski definition) is 8. The number of nitrogens with one attached hydrogen (secondary N) is 2. The first-order valence-electron chi connectivity index (χ1n) is 11.4. The van der Waals surface area contributed by atoms with E-state index in [0.717, 1.165) is 36.6 Å². The molecule has 36 heavy (non-hydrogen) atoms. The summed E-state index contributed by atoms with van der Waals surface area (Å²) in [6, 6.07) is 12.3. The summed E-state index contributed by atoms with van der Waals surface area (Å²) in [6.45, 7) is 2.55. The number of hydrogen-bond donors (Lipinski definition) is 2. The molecule has 10 nitrogen and oxygen atoms in total. The molecule has 0 saturated carbocycles. The summed E-state index contributed by atoms with van der Waals surface area (Å²) in [5, 5.41) is 16.1. The summed E-state index contributed by atoms with van der Waals surface area (Å²) in [4.78, 5) is 28.9. The molecule has 1 unspecified atom stereocenters. The van der Waals surface area contributed by atoms with Crippen molar-refractivity contribution >= 4 is 28.3 Å². The molecule has 4 aromatic rings. The van der Waals surface area contributed by atoms with Crippen LogP contribution in [0.4, 0.5) is 5.13 Å². The highest BCUT2D eigenvalue weighted by Crippen LogP contribution is 2.31. The summed E-state index contributed by atoms with van der Waals surface area (Å²) < 4.78 is 14.0. The summed E-state index contributed by atoms with van der Waals surface area (Å²) in [7, 11) is 1.53. The molecule has 1 aliphatic rings. The van der Waals surface area contributed by atoms with Gasteiger partial charge in [-0.05, 0) is 49.7 Å². The third kappa shape index (κ3) is 5.05. The van der Waals surface area contributed by atoms with E-state index in [0.29, 0.717) is 27.9 Å². The first-order chi connectivity index (χ1) is 17.5. The van der Waals surface area contributed by atoms with Crippen molar-refractivity contribution in [2.75, 3.05) is 12.4 Å². The third-order valence-electron chi connectivity index (χ3n) is 5.68. The van der Waals surface area contributed by atoms with E-state index in [1.807, 2.05) is 24.3 Å². The Kier molecular flexibility index (Phi) is 6.63. The lowest BCUT2D eigenvalue weighted by Crippen LogP contribution is -2.33. The number of carbonyl (C=O) groups excluding carboxylic acids is 2. The van der Waals surface area contributed by atoms with Gasteiger partial charge < -0.3 is 19.4 Å². The molecule has 0 aliphatic carbocycles. The molecular weight excluding hydrogens is 480 g/mol. The number of thiazole rings is 1. The van der Waals surface area contributed by atoms with Crippen LogP contribution < -0.4 is 20.1 Å². The summed E-state index contributed by atoms with van der Waals surface area (Å²) in [6.07, 6.45) is 2.87. The van der Waals surface area contributed by atoms with E-state index in [-0.39, 0.29) is 11.8 Å². The molecule has 2 N–H and O–H groups in total. The fourth-order valence-corrected chi connectivity index (χ4v) is 4.44. The summed E-state index contributed by atoms with van der Waals surface area (Å²) in [5.41, 5.74) is 1.25. The zero-order valence-corrected chi connectivity index (χ0v) is 20.5. The van der Waals surface area contributed by atoms with E-state index in [4.69, 9.17) is 9.47 Å². The second-order valence-corrected chi connectivity index (χ2v) is 9.07. The Morgan fingerprint density at radius 1 is 1.08 bits per heavy atom. The van der Waals surface area contributed by atoms with Crippen molar-refractivity contribution in [3.8, 4) is 28.6 Å². The lowest BCUT2D eigenvalue weighted by molar-refractivity contribution is -0.126. The molecule has 0 bridgehead atoms. The molecule has 0 fully saturated rings. The van der Waals surface area contributed by atoms with Gasteiger partial charge in [0.05, 0.1) is 0 Å². The SMILES string of the molecule is CNC(=O)C(C)Oc1cc(Oc2ccc(-c3nnc4n3CCC4)cc2)cc(C(=O)Nc2nccs2)c1. The highest BCUT2D eigenvalue weighted by atomic mass is 32.1. The Morgan fingerprint density at radius 2 is 1.89 bits per heavy atom. The van der Waals surface area contributed by atoms with Gasteiger partial charge in [0, 0.05) is 48.8 Å². The number of aryl methyl sites for hydroxylation is 1. The van der Waals surface area contributed by atoms with Gasteiger partial charge in [-0.3, -0.25) is 14.9 Å². The van der Waals surface area contributed by atoms with Gasteiger partial charge in [-0.15, -0.1) is 21.5 Å². The fraction of sp³-hybridized carbons (Fsp3) is 0.240. The van der Waals surface area contributed by atoms with E-state index in [1.54, 1.807) is 36.7 Å². The maximum absolute atomic E-state index is 12.9. The number of aromatic nitrogens is 4. The molecule has 0 saturated heterocycles. The molecule has 2 amide bonds. The van der Waals surface area contributed by atoms with Crippen molar-refractivity contribution in [3.63, 3.8) is 0 Å². The van der Waals surface area contributed by atoms with Gasteiger partial charge in [-0.25, -0.2) is 4.98 Å². The van der Waals surface area contributed by atoms with Crippen molar-refractivity contribution in [2.24, 2.45) is 0 Å². The Labute approximate surface area is 211 Å². The monoisotopic (exact) mass is 504 g/mol. The standard InChI is InChI=1S/C25H24N6O4S/c1-15(23(32)26-2)34-19-12-17(24(33)28-25-27-9-11-36-25)13-20(14-19)35-18-7-5-16(6-8-18)22-30-29-21-4-3-10-31(21)22/h5-9,11-15H,3-4,10H2,1-2H3,(H,26,32)(H,27,28,33). The second-order valence-electron chi connectivity index (χ2n) is 8.18. The maximum Gasteiger partial charge on any atom is 0.260 e. The summed E-state index contributed by atoms with van der Waals surface area (Å²) >= 11 is 1.31. The van der Waals surface area contributed by atoms with Crippen LogP contribution in [0.1, 0.15) is 29.5 Å². The molecule has 5 rings (SSSR count). The zero-order valence-electron chi connectivity index (χ0n) is 19.7. The molecule has 1 aliphatic heterocycles. The number of fused-ring (bicyclic) bond motifs is 1. The number of carbonyl (C=O) groups is 2. The predicted molar refractivity (Wildman–Crippen MR) is 135 cm³/mol. The Bertz CT molecular complexity index is 1380. The number of rotatable bonds is 8. The van der Waals surface area contributed by atoms with Crippen molar-refractivity contribution in [1.29, 1.82) is 0 Å². The zero-order chi connectivity index (χ0) is 25.1. The van der Waals surface area contributed by atoms with E-state index < -0.39 is 6.10 Å². The topological polar surface area (TPSA) is 120 Å². The fourth-order valence-electron chi connectivity index (χ4n) is 3.92. The van der Waals surface area contributed by atoms with Gasteiger partial charge in [0.25, 0.3) is 11.8 Å². The van der Waals surface area contributed by atoms with Crippen LogP contribution in [-0.4, -0.2) is 44.7 Å². The minimum atomic E-state index is -0.760. The molecule has 1 atom stereocenters. The average molecular weight is 505 g/mol. The number of nitrogens with zero attached hydrogens (tertiary/aromatic N) is 4. The maximum atomic E-state index is 12.9. The van der Waals surface area contributed by atoms with Gasteiger partial charge in [-0.2, -0.15) is 0 Å². The number of benzene rings is 2. The van der Waals surface area contributed by atoms with E-state index in [1.165, 1.54) is 18.4 Å².